The average Bonchev–Trinajstić information content (AvgIpc) is 3.24. The van der Waals surface area contributed by atoms with Crippen LogP contribution < -0.4 is 10.5 Å². The Morgan fingerprint density at radius 1 is 1.30 bits per heavy atom. The third kappa shape index (κ3) is 2.99. The van der Waals surface area contributed by atoms with E-state index in [4.69, 9.17) is 10.5 Å². The Hall–Kier alpha value is -1.06. The summed E-state index contributed by atoms with van der Waals surface area (Å²) < 4.78 is 5.89. The molecule has 3 nitrogen and oxygen atoms in total. The Morgan fingerprint density at radius 3 is 2.45 bits per heavy atom. The molecular weight excluding hydrogens is 248 g/mol. The van der Waals surface area contributed by atoms with Gasteiger partial charge in [-0.15, -0.1) is 0 Å². The molecule has 0 bridgehead atoms. The molecule has 1 atom stereocenters. The highest BCUT2D eigenvalue weighted by molar-refractivity contribution is 5.32. The van der Waals surface area contributed by atoms with Gasteiger partial charge in [-0.3, -0.25) is 0 Å². The molecule has 1 aliphatic carbocycles. The molecule has 0 saturated heterocycles. The molecule has 2 rings (SSSR count). The molecule has 2 N–H and O–H groups in total. The van der Waals surface area contributed by atoms with Crippen molar-refractivity contribution in [2.45, 2.75) is 57.2 Å². The molecule has 0 aromatic heterocycles. The highest BCUT2D eigenvalue weighted by Gasteiger charge is 2.36. The van der Waals surface area contributed by atoms with Crippen molar-refractivity contribution in [3.05, 3.63) is 29.8 Å². The topological polar surface area (TPSA) is 38.5 Å². The zero-order chi connectivity index (χ0) is 14.8. The number of hydrogen-bond donors (Lipinski definition) is 1. The maximum absolute atomic E-state index is 6.61. The monoisotopic (exact) mass is 276 g/mol. The van der Waals surface area contributed by atoms with Gasteiger partial charge in [-0.2, -0.15) is 0 Å². The van der Waals surface area contributed by atoms with Crippen molar-refractivity contribution in [3.63, 3.8) is 0 Å². The van der Waals surface area contributed by atoms with Gasteiger partial charge in [0.05, 0.1) is 6.10 Å². The van der Waals surface area contributed by atoms with Gasteiger partial charge in [-0.25, -0.2) is 0 Å². The van der Waals surface area contributed by atoms with Crippen LogP contribution in [0, 0.1) is 0 Å². The van der Waals surface area contributed by atoms with Crippen LogP contribution in [-0.2, 0) is 0 Å². The molecule has 112 valence electrons. The van der Waals surface area contributed by atoms with Crippen molar-refractivity contribution >= 4 is 0 Å². The van der Waals surface area contributed by atoms with E-state index in [0.29, 0.717) is 6.10 Å². The van der Waals surface area contributed by atoms with E-state index < -0.39 is 0 Å². The fourth-order valence-electron chi connectivity index (χ4n) is 3.07. The number of hydrogen-bond acceptors (Lipinski definition) is 3. The third-order valence-electron chi connectivity index (χ3n) is 4.74. The van der Waals surface area contributed by atoms with E-state index in [0.717, 1.165) is 18.6 Å². The second kappa shape index (κ2) is 6.15. The minimum Gasteiger partial charge on any atom is -0.490 e. The summed E-state index contributed by atoms with van der Waals surface area (Å²) in [5.41, 5.74) is 7.78. The maximum Gasteiger partial charge on any atom is 0.120 e. The molecule has 0 radical (unpaired) electrons. The van der Waals surface area contributed by atoms with Crippen LogP contribution in [0.2, 0.25) is 0 Å². The Kier molecular flexibility index (Phi) is 4.71. The molecule has 0 aliphatic heterocycles. The van der Waals surface area contributed by atoms with Gasteiger partial charge >= 0.3 is 0 Å². The molecule has 1 saturated carbocycles. The fraction of sp³-hybridized carbons (Fsp3) is 0.647. The van der Waals surface area contributed by atoms with Crippen LogP contribution in [0.25, 0.3) is 0 Å². The van der Waals surface area contributed by atoms with E-state index >= 15 is 0 Å². The predicted octanol–water partition coefficient (Wildman–Crippen LogP) is 3.35. The SMILES string of the molecule is CCC(CC)(C(N)c1cccc(OC2CC2)c1)N(C)C. The van der Waals surface area contributed by atoms with Crippen LogP contribution in [0.3, 0.4) is 0 Å². The molecule has 1 aliphatic rings. The summed E-state index contributed by atoms with van der Waals surface area (Å²) in [5, 5.41) is 0. The van der Waals surface area contributed by atoms with Crippen molar-refractivity contribution in [2.75, 3.05) is 14.1 Å². The van der Waals surface area contributed by atoms with Gasteiger partial charge in [0.25, 0.3) is 0 Å². The van der Waals surface area contributed by atoms with E-state index in [-0.39, 0.29) is 11.6 Å². The van der Waals surface area contributed by atoms with E-state index in [1.165, 1.54) is 18.4 Å². The van der Waals surface area contributed by atoms with Crippen LogP contribution in [0.4, 0.5) is 0 Å². The van der Waals surface area contributed by atoms with Gasteiger partial charge in [-0.05, 0) is 57.5 Å². The van der Waals surface area contributed by atoms with Gasteiger partial charge in [0.2, 0.25) is 0 Å². The van der Waals surface area contributed by atoms with Crippen molar-refractivity contribution in [1.82, 2.24) is 4.90 Å². The van der Waals surface area contributed by atoms with E-state index in [9.17, 15) is 0 Å². The highest BCUT2D eigenvalue weighted by Crippen LogP contribution is 2.36. The number of nitrogens with zero attached hydrogens (tertiary/aromatic N) is 1. The summed E-state index contributed by atoms with van der Waals surface area (Å²) in [7, 11) is 4.24. The quantitative estimate of drug-likeness (QED) is 0.830. The second-order valence-electron chi connectivity index (χ2n) is 6.07. The first-order valence-corrected chi connectivity index (χ1v) is 7.73. The van der Waals surface area contributed by atoms with Crippen LogP contribution >= 0.6 is 0 Å². The Morgan fingerprint density at radius 2 is 1.95 bits per heavy atom. The van der Waals surface area contributed by atoms with Crippen molar-refractivity contribution in [3.8, 4) is 5.75 Å². The molecule has 0 heterocycles. The standard InChI is InChI=1S/C17H28N2O/c1-5-17(6-2,19(3)4)16(18)13-8-7-9-15(12-13)20-14-10-11-14/h7-9,12,14,16H,5-6,10-11,18H2,1-4H3. The molecule has 1 unspecified atom stereocenters. The molecule has 0 spiro atoms. The first-order chi connectivity index (χ1) is 9.53. The lowest BCUT2D eigenvalue weighted by Crippen LogP contribution is -2.51. The molecule has 0 amide bonds. The van der Waals surface area contributed by atoms with Crippen molar-refractivity contribution in [1.29, 1.82) is 0 Å². The van der Waals surface area contributed by atoms with Crippen LogP contribution in [0.1, 0.15) is 51.1 Å². The third-order valence-corrected chi connectivity index (χ3v) is 4.74. The van der Waals surface area contributed by atoms with Crippen molar-refractivity contribution < 1.29 is 4.74 Å². The Labute approximate surface area is 123 Å². The number of rotatable bonds is 7. The maximum atomic E-state index is 6.61. The summed E-state index contributed by atoms with van der Waals surface area (Å²) in [6, 6.07) is 8.32. The second-order valence-corrected chi connectivity index (χ2v) is 6.07. The normalized spacial score (nSPS) is 17.3. The number of nitrogens with two attached hydrogens (primary N) is 1. The first kappa shape index (κ1) is 15.3. The largest absolute Gasteiger partial charge is 0.490 e. The minimum atomic E-state index is -0.00440. The van der Waals surface area contributed by atoms with Crippen LogP contribution in [0.5, 0.6) is 5.75 Å². The smallest absolute Gasteiger partial charge is 0.120 e. The summed E-state index contributed by atoms with van der Waals surface area (Å²) >= 11 is 0. The van der Waals surface area contributed by atoms with Gasteiger partial charge in [0, 0.05) is 11.6 Å². The lowest BCUT2D eigenvalue weighted by atomic mass is 9.80. The van der Waals surface area contributed by atoms with E-state index in [2.05, 4.69) is 51.0 Å². The molecule has 1 aromatic rings. The highest BCUT2D eigenvalue weighted by atomic mass is 16.5. The number of benzene rings is 1. The molecule has 1 fully saturated rings. The lowest BCUT2D eigenvalue weighted by molar-refractivity contribution is 0.106. The van der Waals surface area contributed by atoms with Gasteiger partial charge in [-0.1, -0.05) is 26.0 Å². The zero-order valence-corrected chi connectivity index (χ0v) is 13.2. The number of ether oxygens (including phenoxy) is 1. The molecular formula is C17H28N2O. The molecule has 1 aromatic carbocycles. The minimum absolute atomic E-state index is 0.00178. The van der Waals surface area contributed by atoms with Crippen molar-refractivity contribution in [2.24, 2.45) is 5.73 Å². The lowest BCUT2D eigenvalue weighted by Gasteiger charge is -2.43. The summed E-state index contributed by atoms with van der Waals surface area (Å²) in [4.78, 5) is 2.27. The fourth-order valence-corrected chi connectivity index (χ4v) is 3.07. The first-order valence-electron chi connectivity index (χ1n) is 7.73. The molecule has 3 heteroatoms. The van der Waals surface area contributed by atoms with Crippen LogP contribution in [0.15, 0.2) is 24.3 Å². The van der Waals surface area contributed by atoms with E-state index in [1.54, 1.807) is 0 Å². The summed E-state index contributed by atoms with van der Waals surface area (Å²) in [6.07, 6.45) is 4.86. The summed E-state index contributed by atoms with van der Waals surface area (Å²) in [6.45, 7) is 4.43. The Bertz CT molecular complexity index is 436. The number of likely N-dealkylation sites (N-methyl/N-ethyl adjacent to an activating group) is 1. The Balaban J connectivity index is 2.23. The zero-order valence-electron chi connectivity index (χ0n) is 13.2. The van der Waals surface area contributed by atoms with Gasteiger partial charge in [0.15, 0.2) is 0 Å². The molecule has 20 heavy (non-hydrogen) atoms. The van der Waals surface area contributed by atoms with Gasteiger partial charge < -0.3 is 15.4 Å². The van der Waals surface area contributed by atoms with E-state index in [1.807, 2.05) is 6.07 Å². The average molecular weight is 276 g/mol. The van der Waals surface area contributed by atoms with Crippen LogP contribution in [-0.4, -0.2) is 30.6 Å². The van der Waals surface area contributed by atoms with Gasteiger partial charge in [0.1, 0.15) is 5.75 Å². The predicted molar refractivity (Wildman–Crippen MR) is 84.0 cm³/mol. The summed E-state index contributed by atoms with van der Waals surface area (Å²) in [5.74, 6) is 0.959.